The summed E-state index contributed by atoms with van der Waals surface area (Å²) in [5.74, 6) is -0.178. The van der Waals surface area contributed by atoms with E-state index in [0.29, 0.717) is 25.7 Å². The van der Waals surface area contributed by atoms with E-state index in [-0.39, 0.29) is 43.1 Å². The SMILES string of the molecule is ClC(Cl)=C(Cl)C1(Cl)CC1C(Cc1ccccc1)OC(Cc1ccccc1)C1CC1(Cl)C(Cl)=C(Cl)Cl. The lowest BCUT2D eigenvalue weighted by atomic mass is 10.00. The highest BCUT2D eigenvalue weighted by Gasteiger charge is 2.63. The first-order chi connectivity index (χ1) is 16.6. The average Bonchev–Trinajstić information content (AvgIpc) is 3.73. The Balaban J connectivity index is 1.64. The molecule has 2 aromatic carbocycles. The summed E-state index contributed by atoms with van der Waals surface area (Å²) in [7, 11) is 0. The van der Waals surface area contributed by atoms with Crippen LogP contribution in [0, 0.1) is 11.8 Å². The van der Waals surface area contributed by atoms with Gasteiger partial charge in [-0.25, -0.2) is 0 Å². The fourth-order valence-corrected chi connectivity index (χ4v) is 6.79. The number of hydrogen-bond acceptors (Lipinski definition) is 1. The molecule has 0 saturated heterocycles. The van der Waals surface area contributed by atoms with E-state index in [4.69, 9.17) is 97.5 Å². The molecular weight excluding hydrogens is 612 g/mol. The summed E-state index contributed by atoms with van der Waals surface area (Å²) in [4.78, 5) is -1.73. The van der Waals surface area contributed by atoms with E-state index < -0.39 is 9.75 Å². The number of benzene rings is 2. The molecule has 9 heteroatoms. The van der Waals surface area contributed by atoms with Crippen LogP contribution in [-0.2, 0) is 17.6 Å². The molecule has 0 aromatic heterocycles. The second-order valence-electron chi connectivity index (χ2n) is 9.09. The van der Waals surface area contributed by atoms with Gasteiger partial charge in [0.05, 0.1) is 32.0 Å². The Morgan fingerprint density at radius 1 is 0.657 bits per heavy atom. The van der Waals surface area contributed by atoms with Crippen molar-refractivity contribution in [2.75, 3.05) is 0 Å². The van der Waals surface area contributed by atoms with Gasteiger partial charge in [0.25, 0.3) is 0 Å². The molecule has 0 amide bonds. The number of alkyl halides is 2. The number of ether oxygens (including phenoxy) is 1. The minimum atomic E-state index is -0.865. The molecule has 0 heterocycles. The highest BCUT2D eigenvalue weighted by Crippen LogP contribution is 2.63. The number of allylic oxidation sites excluding steroid dienone is 2. The van der Waals surface area contributed by atoms with Crippen LogP contribution < -0.4 is 0 Å². The summed E-state index contributed by atoms with van der Waals surface area (Å²) in [6.45, 7) is 0. The predicted octanol–water partition coefficient (Wildman–Crippen LogP) is 9.99. The Morgan fingerprint density at radius 2 is 1.00 bits per heavy atom. The minimum Gasteiger partial charge on any atom is -0.374 e. The van der Waals surface area contributed by atoms with Crippen molar-refractivity contribution in [1.82, 2.24) is 0 Å². The minimum absolute atomic E-state index is 0.0286. The van der Waals surface area contributed by atoms with E-state index >= 15 is 0 Å². The van der Waals surface area contributed by atoms with Crippen LogP contribution >= 0.6 is 92.8 Å². The van der Waals surface area contributed by atoms with Crippen molar-refractivity contribution in [3.8, 4) is 0 Å². The average molecular weight is 634 g/mol. The van der Waals surface area contributed by atoms with Crippen molar-refractivity contribution in [1.29, 1.82) is 0 Å². The van der Waals surface area contributed by atoms with Gasteiger partial charge in [-0.15, -0.1) is 23.2 Å². The maximum Gasteiger partial charge on any atom is 0.123 e. The Morgan fingerprint density at radius 3 is 1.31 bits per heavy atom. The van der Waals surface area contributed by atoms with Gasteiger partial charge in [0.15, 0.2) is 0 Å². The molecule has 2 aliphatic carbocycles. The summed E-state index contributed by atoms with van der Waals surface area (Å²) >= 11 is 50.5. The molecule has 0 aliphatic heterocycles. The van der Waals surface area contributed by atoms with Crippen LogP contribution in [-0.4, -0.2) is 22.0 Å². The van der Waals surface area contributed by atoms with E-state index in [9.17, 15) is 0 Å². The van der Waals surface area contributed by atoms with Crippen LogP contribution in [0.2, 0.25) is 0 Å². The number of halogens is 8. The van der Waals surface area contributed by atoms with Crippen LogP contribution in [0.3, 0.4) is 0 Å². The lowest BCUT2D eigenvalue weighted by Crippen LogP contribution is -2.33. The van der Waals surface area contributed by atoms with E-state index in [0.717, 1.165) is 11.1 Å². The van der Waals surface area contributed by atoms with Crippen LogP contribution in [0.5, 0.6) is 0 Å². The molecule has 1 nitrogen and oxygen atoms in total. The molecular formula is C26H22Cl8O. The van der Waals surface area contributed by atoms with Gasteiger partial charge in [-0.2, -0.15) is 0 Å². The van der Waals surface area contributed by atoms with Crippen molar-refractivity contribution in [2.24, 2.45) is 11.8 Å². The lowest BCUT2D eigenvalue weighted by molar-refractivity contribution is -0.0357. The van der Waals surface area contributed by atoms with Crippen LogP contribution in [0.4, 0.5) is 0 Å². The van der Waals surface area contributed by atoms with Gasteiger partial charge < -0.3 is 4.74 Å². The summed E-state index contributed by atoms with van der Waals surface area (Å²) in [6.07, 6.45) is 1.93. The van der Waals surface area contributed by atoms with E-state index in [1.807, 2.05) is 36.4 Å². The molecule has 0 N–H and O–H groups in total. The predicted molar refractivity (Wildman–Crippen MR) is 152 cm³/mol. The highest BCUT2D eigenvalue weighted by molar-refractivity contribution is 6.61. The zero-order valence-electron chi connectivity index (χ0n) is 18.3. The molecule has 2 saturated carbocycles. The fraction of sp³-hybridized carbons (Fsp3) is 0.385. The maximum absolute atomic E-state index is 6.88. The second-order valence-corrected chi connectivity index (χ2v) is 13.1. The summed E-state index contributed by atoms with van der Waals surface area (Å²) in [6, 6.07) is 20.2. The van der Waals surface area contributed by atoms with Gasteiger partial charge >= 0.3 is 0 Å². The quantitative estimate of drug-likeness (QED) is 0.237. The first-order valence-electron chi connectivity index (χ1n) is 11.1. The molecule has 4 rings (SSSR count). The number of hydrogen-bond donors (Lipinski definition) is 0. The third kappa shape index (κ3) is 6.44. The van der Waals surface area contributed by atoms with Gasteiger partial charge in [0, 0.05) is 11.8 Å². The summed E-state index contributed by atoms with van der Waals surface area (Å²) in [5.41, 5.74) is 2.24. The van der Waals surface area contributed by atoms with Gasteiger partial charge in [0.2, 0.25) is 0 Å². The van der Waals surface area contributed by atoms with Crippen LogP contribution in [0.25, 0.3) is 0 Å². The fourth-order valence-electron chi connectivity index (χ4n) is 4.68. The normalized spacial score (nSPS) is 28.7. The third-order valence-electron chi connectivity index (χ3n) is 6.76. The Kier molecular flexibility index (Phi) is 9.29. The molecule has 2 aliphatic rings. The summed E-state index contributed by atoms with van der Waals surface area (Å²) < 4.78 is 6.80. The zero-order valence-corrected chi connectivity index (χ0v) is 24.4. The van der Waals surface area contributed by atoms with Gasteiger partial charge in [-0.1, -0.05) is 130 Å². The van der Waals surface area contributed by atoms with Crippen molar-refractivity contribution < 1.29 is 4.74 Å². The molecule has 0 spiro atoms. The van der Waals surface area contributed by atoms with Gasteiger partial charge in [-0.05, 0) is 36.8 Å². The third-order valence-corrected chi connectivity index (χ3v) is 10.4. The summed E-state index contributed by atoms with van der Waals surface area (Å²) in [5, 5.41) is 0.485. The standard InChI is InChI=1S/C26H22Cl8O/c27-21(23(29)30)25(33)13-17(25)19(11-15-7-3-1-4-8-15)35-20(12-16-9-5-2-6-10-16)18-14-26(18,34)22(28)24(31)32/h1-10,17-20H,11-14H2. The maximum atomic E-state index is 6.88. The molecule has 2 aromatic rings. The lowest BCUT2D eigenvalue weighted by Gasteiger charge is -2.28. The topological polar surface area (TPSA) is 9.23 Å². The largest absolute Gasteiger partial charge is 0.374 e. The molecule has 6 atom stereocenters. The second kappa shape index (κ2) is 11.5. The van der Waals surface area contributed by atoms with Gasteiger partial charge in [0.1, 0.15) is 8.98 Å². The van der Waals surface area contributed by atoms with E-state index in [1.165, 1.54) is 0 Å². The Hall–Kier alpha value is 0.200. The number of rotatable bonds is 10. The first-order valence-corrected chi connectivity index (χ1v) is 14.1. The van der Waals surface area contributed by atoms with E-state index in [1.54, 1.807) is 0 Å². The zero-order chi connectivity index (χ0) is 25.4. The monoisotopic (exact) mass is 630 g/mol. The van der Waals surface area contributed by atoms with Crippen molar-refractivity contribution in [3.05, 3.63) is 90.8 Å². The van der Waals surface area contributed by atoms with E-state index in [2.05, 4.69) is 24.3 Å². The smallest absolute Gasteiger partial charge is 0.123 e. The van der Waals surface area contributed by atoms with Crippen molar-refractivity contribution in [3.63, 3.8) is 0 Å². The van der Waals surface area contributed by atoms with Crippen LogP contribution in [0.1, 0.15) is 24.0 Å². The van der Waals surface area contributed by atoms with Crippen LogP contribution in [0.15, 0.2) is 79.7 Å². The Bertz CT molecular complexity index is 1010. The molecule has 0 bridgehead atoms. The highest BCUT2D eigenvalue weighted by atomic mass is 35.5. The molecule has 188 valence electrons. The first kappa shape index (κ1) is 28.2. The van der Waals surface area contributed by atoms with Crippen molar-refractivity contribution >= 4 is 92.8 Å². The Labute approximate surface area is 246 Å². The molecule has 2 fully saturated rings. The van der Waals surface area contributed by atoms with Gasteiger partial charge in [-0.3, -0.25) is 0 Å². The molecule has 6 unspecified atom stereocenters. The molecule has 0 radical (unpaired) electrons. The molecule has 35 heavy (non-hydrogen) atoms. The van der Waals surface area contributed by atoms with Crippen molar-refractivity contribution in [2.45, 2.75) is 47.6 Å².